The molecule has 0 unspecified atom stereocenters. The van der Waals surface area contributed by atoms with Crippen molar-refractivity contribution >= 4 is 11.9 Å². The Morgan fingerprint density at radius 1 is 0.875 bits per heavy atom. The molecule has 2 rings (SSSR count). The van der Waals surface area contributed by atoms with Crippen LogP contribution in [0, 0.1) is 0 Å². The number of rotatable bonds is 8. The molecule has 2 aromatic carbocycles. The minimum Gasteiger partial charge on any atom is -0.489 e. The first kappa shape index (κ1) is 17.3. The van der Waals surface area contributed by atoms with E-state index in [-0.39, 0.29) is 19.1 Å². The highest BCUT2D eigenvalue weighted by Gasteiger charge is 2.07. The second-order valence-corrected chi connectivity index (χ2v) is 4.87. The molecule has 0 saturated heterocycles. The number of hydrogen-bond acceptors (Lipinski definition) is 5. The van der Waals surface area contributed by atoms with Crippen LogP contribution in [-0.4, -0.2) is 32.1 Å². The predicted molar refractivity (Wildman–Crippen MR) is 87.7 cm³/mol. The number of hydrogen-bond donors (Lipinski definition) is 1. The summed E-state index contributed by atoms with van der Waals surface area (Å²) in [5.41, 5.74) is 1.08. The zero-order valence-electron chi connectivity index (χ0n) is 13.4. The van der Waals surface area contributed by atoms with Crippen LogP contribution in [0.2, 0.25) is 0 Å². The molecule has 0 atom stereocenters. The maximum Gasteiger partial charge on any atom is 0.344 e. The van der Waals surface area contributed by atoms with Crippen molar-refractivity contribution in [1.29, 1.82) is 0 Å². The fraction of sp³-hybridized carbons (Fsp3) is 0.222. The highest BCUT2D eigenvalue weighted by Crippen LogP contribution is 2.18. The van der Waals surface area contributed by atoms with Crippen LogP contribution < -0.4 is 14.8 Å². The second-order valence-electron chi connectivity index (χ2n) is 4.87. The fourth-order valence-electron chi connectivity index (χ4n) is 1.78. The Hall–Kier alpha value is -3.02. The monoisotopic (exact) mass is 329 g/mol. The van der Waals surface area contributed by atoms with E-state index in [4.69, 9.17) is 14.2 Å². The number of nitrogens with one attached hydrogen (secondary N) is 1. The topological polar surface area (TPSA) is 73.9 Å². The van der Waals surface area contributed by atoms with Crippen LogP contribution in [0.25, 0.3) is 0 Å². The first-order valence-electron chi connectivity index (χ1n) is 7.43. The molecule has 1 N–H and O–H groups in total. The fourth-order valence-corrected chi connectivity index (χ4v) is 1.78. The first-order chi connectivity index (χ1) is 11.7. The van der Waals surface area contributed by atoms with Gasteiger partial charge in [-0.3, -0.25) is 4.79 Å². The number of carbonyl (C=O) groups is 2. The third kappa shape index (κ3) is 6.00. The van der Waals surface area contributed by atoms with E-state index in [0.717, 1.165) is 5.56 Å². The van der Waals surface area contributed by atoms with E-state index < -0.39 is 5.97 Å². The molecule has 0 aliphatic heterocycles. The molecule has 0 bridgehead atoms. The lowest BCUT2D eigenvalue weighted by Crippen LogP contribution is -2.26. The van der Waals surface area contributed by atoms with Gasteiger partial charge in [0.15, 0.2) is 13.2 Å². The zero-order valence-corrected chi connectivity index (χ0v) is 13.4. The Morgan fingerprint density at radius 2 is 1.50 bits per heavy atom. The van der Waals surface area contributed by atoms with E-state index in [1.54, 1.807) is 24.3 Å². The van der Waals surface area contributed by atoms with Crippen LogP contribution in [0.15, 0.2) is 54.6 Å². The summed E-state index contributed by atoms with van der Waals surface area (Å²) in [6.07, 6.45) is 0. The van der Waals surface area contributed by atoms with Crippen molar-refractivity contribution < 1.29 is 23.8 Å². The molecule has 126 valence electrons. The van der Waals surface area contributed by atoms with Gasteiger partial charge in [0.25, 0.3) is 5.91 Å². The molecule has 0 fully saturated rings. The molecule has 0 saturated carbocycles. The molecule has 0 radical (unpaired) electrons. The van der Waals surface area contributed by atoms with Crippen LogP contribution in [0.1, 0.15) is 5.56 Å². The Morgan fingerprint density at radius 3 is 2.12 bits per heavy atom. The van der Waals surface area contributed by atoms with E-state index in [9.17, 15) is 9.59 Å². The third-order valence-electron chi connectivity index (χ3n) is 3.07. The summed E-state index contributed by atoms with van der Waals surface area (Å²) < 4.78 is 15.7. The molecule has 0 heterocycles. The van der Waals surface area contributed by atoms with Gasteiger partial charge in [-0.05, 0) is 29.8 Å². The second kappa shape index (κ2) is 9.19. The minimum atomic E-state index is -0.608. The van der Waals surface area contributed by atoms with Crippen molar-refractivity contribution in [3.05, 3.63) is 60.2 Å². The molecule has 0 spiro atoms. The summed E-state index contributed by atoms with van der Waals surface area (Å²) in [7, 11) is 1.47. The Kier molecular flexibility index (Phi) is 6.64. The SMILES string of the molecule is CNC(=O)COC(=O)COc1ccc(OCc2ccccc2)cc1. The van der Waals surface area contributed by atoms with Crippen LogP contribution in [0.5, 0.6) is 11.5 Å². The lowest BCUT2D eigenvalue weighted by Gasteiger charge is -2.09. The number of amides is 1. The summed E-state index contributed by atoms with van der Waals surface area (Å²) in [4.78, 5) is 22.4. The van der Waals surface area contributed by atoms with Crippen LogP contribution in [-0.2, 0) is 20.9 Å². The summed E-state index contributed by atoms with van der Waals surface area (Å²) >= 11 is 0. The van der Waals surface area contributed by atoms with Crippen molar-refractivity contribution in [2.45, 2.75) is 6.61 Å². The molecule has 0 aromatic heterocycles. The summed E-state index contributed by atoms with van der Waals surface area (Å²) in [6, 6.07) is 16.8. The van der Waals surface area contributed by atoms with Gasteiger partial charge in [-0.1, -0.05) is 30.3 Å². The molecule has 1 amide bonds. The number of carbonyl (C=O) groups excluding carboxylic acids is 2. The molecule has 0 aliphatic carbocycles. The summed E-state index contributed by atoms with van der Waals surface area (Å²) in [5.74, 6) is 0.235. The van der Waals surface area contributed by atoms with Gasteiger partial charge < -0.3 is 19.5 Å². The van der Waals surface area contributed by atoms with E-state index in [0.29, 0.717) is 18.1 Å². The van der Waals surface area contributed by atoms with Crippen molar-refractivity contribution in [3.63, 3.8) is 0 Å². The molecule has 6 heteroatoms. The quantitative estimate of drug-likeness (QED) is 0.749. The minimum absolute atomic E-state index is 0.263. The van der Waals surface area contributed by atoms with Gasteiger partial charge in [-0.25, -0.2) is 4.79 Å². The average molecular weight is 329 g/mol. The summed E-state index contributed by atoms with van der Waals surface area (Å²) in [6.45, 7) is -0.0982. The standard InChI is InChI=1S/C18H19NO5/c1-19-17(20)12-24-18(21)13-23-16-9-7-15(8-10-16)22-11-14-5-3-2-4-6-14/h2-10H,11-13H2,1H3,(H,19,20). The van der Waals surface area contributed by atoms with Gasteiger partial charge in [0, 0.05) is 7.05 Å². The van der Waals surface area contributed by atoms with Gasteiger partial charge in [0.05, 0.1) is 0 Å². The highest BCUT2D eigenvalue weighted by molar-refractivity contribution is 5.80. The average Bonchev–Trinajstić information content (AvgIpc) is 2.64. The van der Waals surface area contributed by atoms with Crippen LogP contribution in [0.4, 0.5) is 0 Å². The maximum atomic E-state index is 11.4. The first-order valence-corrected chi connectivity index (χ1v) is 7.43. The largest absolute Gasteiger partial charge is 0.489 e. The Labute approximate surface area is 140 Å². The normalized spacial score (nSPS) is 9.88. The van der Waals surface area contributed by atoms with Gasteiger partial charge in [-0.15, -0.1) is 0 Å². The zero-order chi connectivity index (χ0) is 17.2. The van der Waals surface area contributed by atoms with E-state index in [2.05, 4.69) is 5.32 Å². The summed E-state index contributed by atoms with van der Waals surface area (Å²) in [5, 5.41) is 2.35. The number of likely N-dealkylation sites (N-methyl/N-ethyl adjacent to an activating group) is 1. The van der Waals surface area contributed by atoms with Gasteiger partial charge in [0.1, 0.15) is 18.1 Å². The molecule has 24 heavy (non-hydrogen) atoms. The molecular formula is C18H19NO5. The van der Waals surface area contributed by atoms with Gasteiger partial charge in [0.2, 0.25) is 0 Å². The smallest absolute Gasteiger partial charge is 0.344 e. The molecule has 0 aliphatic rings. The van der Waals surface area contributed by atoms with Crippen LogP contribution >= 0.6 is 0 Å². The lowest BCUT2D eigenvalue weighted by molar-refractivity contribution is -0.150. The lowest BCUT2D eigenvalue weighted by atomic mass is 10.2. The third-order valence-corrected chi connectivity index (χ3v) is 3.07. The Bertz CT molecular complexity index is 655. The van der Waals surface area contributed by atoms with Gasteiger partial charge >= 0.3 is 5.97 Å². The number of ether oxygens (including phenoxy) is 3. The highest BCUT2D eigenvalue weighted by atomic mass is 16.6. The molecule has 6 nitrogen and oxygen atoms in total. The number of esters is 1. The number of benzene rings is 2. The van der Waals surface area contributed by atoms with Crippen LogP contribution in [0.3, 0.4) is 0 Å². The van der Waals surface area contributed by atoms with Crippen molar-refractivity contribution in [2.24, 2.45) is 0 Å². The molecular weight excluding hydrogens is 310 g/mol. The van der Waals surface area contributed by atoms with Crippen molar-refractivity contribution in [2.75, 3.05) is 20.3 Å². The van der Waals surface area contributed by atoms with E-state index in [1.807, 2.05) is 30.3 Å². The van der Waals surface area contributed by atoms with E-state index in [1.165, 1.54) is 7.05 Å². The van der Waals surface area contributed by atoms with Crippen molar-refractivity contribution in [1.82, 2.24) is 5.32 Å². The predicted octanol–water partition coefficient (Wildman–Crippen LogP) is 1.93. The van der Waals surface area contributed by atoms with Crippen molar-refractivity contribution in [3.8, 4) is 11.5 Å². The van der Waals surface area contributed by atoms with Gasteiger partial charge in [-0.2, -0.15) is 0 Å². The Balaban J connectivity index is 1.73. The van der Waals surface area contributed by atoms with E-state index >= 15 is 0 Å². The molecule has 2 aromatic rings. The maximum absolute atomic E-state index is 11.4.